The molecule has 1 aliphatic heterocycles. The standard InChI is InChI=1S/C18H24N8/c1-15-12-21-25(13-15)10-7-23-5-8-24(9-6-23)17-11-18(20-14-19-17)26-4-3-16(2)22-26/h3-4,11-14H,5-10H2,1-2H3. The van der Waals surface area contributed by atoms with Gasteiger partial charge < -0.3 is 4.90 Å². The maximum atomic E-state index is 4.46. The van der Waals surface area contributed by atoms with Crippen LogP contribution in [0.3, 0.4) is 0 Å². The largest absolute Gasteiger partial charge is 0.354 e. The monoisotopic (exact) mass is 352 g/mol. The van der Waals surface area contributed by atoms with E-state index in [1.165, 1.54) is 5.56 Å². The van der Waals surface area contributed by atoms with Crippen LogP contribution in [0.1, 0.15) is 11.3 Å². The number of hydrogen-bond donors (Lipinski definition) is 0. The van der Waals surface area contributed by atoms with E-state index in [1.54, 1.807) is 11.0 Å². The molecule has 0 radical (unpaired) electrons. The van der Waals surface area contributed by atoms with Crippen molar-refractivity contribution in [2.24, 2.45) is 0 Å². The second-order valence-electron chi connectivity index (χ2n) is 6.75. The van der Waals surface area contributed by atoms with Crippen molar-refractivity contribution in [2.45, 2.75) is 20.4 Å². The summed E-state index contributed by atoms with van der Waals surface area (Å²) in [5.74, 6) is 1.77. The molecule has 1 fully saturated rings. The first kappa shape index (κ1) is 16.7. The zero-order valence-electron chi connectivity index (χ0n) is 15.3. The predicted molar refractivity (Wildman–Crippen MR) is 99.5 cm³/mol. The molecule has 4 rings (SSSR count). The van der Waals surface area contributed by atoms with Gasteiger partial charge in [-0.2, -0.15) is 10.2 Å². The molecule has 136 valence electrons. The third-order valence-corrected chi connectivity index (χ3v) is 4.70. The molecule has 0 spiro atoms. The van der Waals surface area contributed by atoms with E-state index in [-0.39, 0.29) is 0 Å². The van der Waals surface area contributed by atoms with Crippen LogP contribution in [0.25, 0.3) is 5.82 Å². The van der Waals surface area contributed by atoms with E-state index in [4.69, 9.17) is 0 Å². The molecule has 1 saturated heterocycles. The van der Waals surface area contributed by atoms with Crippen molar-refractivity contribution in [1.29, 1.82) is 0 Å². The molecule has 1 aliphatic rings. The molecule has 0 aromatic carbocycles. The number of aromatic nitrogens is 6. The number of nitrogens with zero attached hydrogens (tertiary/aromatic N) is 8. The first-order valence-corrected chi connectivity index (χ1v) is 8.98. The fraction of sp³-hybridized carbons (Fsp3) is 0.444. The molecule has 8 nitrogen and oxygen atoms in total. The molecule has 0 N–H and O–H groups in total. The van der Waals surface area contributed by atoms with Gasteiger partial charge in [0.2, 0.25) is 0 Å². The summed E-state index contributed by atoms with van der Waals surface area (Å²) in [5.41, 5.74) is 2.19. The van der Waals surface area contributed by atoms with Crippen LogP contribution in [-0.2, 0) is 6.54 Å². The van der Waals surface area contributed by atoms with Gasteiger partial charge in [-0.25, -0.2) is 14.6 Å². The van der Waals surface area contributed by atoms with Crippen LogP contribution >= 0.6 is 0 Å². The Morgan fingerprint density at radius 1 is 1.00 bits per heavy atom. The molecule has 0 atom stereocenters. The summed E-state index contributed by atoms with van der Waals surface area (Å²) in [6.45, 7) is 9.99. The molecule has 26 heavy (non-hydrogen) atoms. The van der Waals surface area contributed by atoms with Crippen LogP contribution in [-0.4, -0.2) is 67.2 Å². The van der Waals surface area contributed by atoms with E-state index in [0.717, 1.165) is 56.6 Å². The first-order valence-electron chi connectivity index (χ1n) is 8.98. The number of anilines is 1. The Kier molecular flexibility index (Phi) is 4.66. The van der Waals surface area contributed by atoms with Gasteiger partial charge in [0.25, 0.3) is 0 Å². The van der Waals surface area contributed by atoms with Gasteiger partial charge in [-0.05, 0) is 25.5 Å². The lowest BCUT2D eigenvalue weighted by molar-refractivity contribution is 0.244. The third-order valence-electron chi connectivity index (χ3n) is 4.70. The highest BCUT2D eigenvalue weighted by Crippen LogP contribution is 2.16. The van der Waals surface area contributed by atoms with Crippen molar-refractivity contribution < 1.29 is 0 Å². The third kappa shape index (κ3) is 3.75. The highest BCUT2D eigenvalue weighted by Gasteiger charge is 2.18. The lowest BCUT2D eigenvalue weighted by Crippen LogP contribution is -2.47. The van der Waals surface area contributed by atoms with Crippen molar-refractivity contribution in [2.75, 3.05) is 37.6 Å². The second kappa shape index (κ2) is 7.25. The van der Waals surface area contributed by atoms with Gasteiger partial charge in [0.1, 0.15) is 12.1 Å². The summed E-state index contributed by atoms with van der Waals surface area (Å²) in [4.78, 5) is 13.6. The summed E-state index contributed by atoms with van der Waals surface area (Å²) in [6.07, 6.45) is 7.55. The quantitative estimate of drug-likeness (QED) is 0.689. The summed E-state index contributed by atoms with van der Waals surface area (Å²) in [6, 6.07) is 3.98. The molecule has 4 heterocycles. The van der Waals surface area contributed by atoms with Crippen molar-refractivity contribution in [3.63, 3.8) is 0 Å². The number of piperazine rings is 1. The second-order valence-corrected chi connectivity index (χ2v) is 6.75. The summed E-state index contributed by atoms with van der Waals surface area (Å²) in [5, 5.41) is 8.78. The number of rotatable bonds is 5. The number of hydrogen-bond acceptors (Lipinski definition) is 6. The van der Waals surface area contributed by atoms with Crippen molar-refractivity contribution >= 4 is 5.82 Å². The molecule has 0 saturated carbocycles. The average Bonchev–Trinajstić information content (AvgIpc) is 3.29. The van der Waals surface area contributed by atoms with Crippen LogP contribution < -0.4 is 4.90 Å². The van der Waals surface area contributed by atoms with Gasteiger partial charge in [0, 0.05) is 51.2 Å². The van der Waals surface area contributed by atoms with Gasteiger partial charge in [-0.15, -0.1) is 0 Å². The topological polar surface area (TPSA) is 67.9 Å². The van der Waals surface area contributed by atoms with Crippen LogP contribution in [0.4, 0.5) is 5.82 Å². The van der Waals surface area contributed by atoms with Gasteiger partial charge in [0.05, 0.1) is 18.4 Å². The van der Waals surface area contributed by atoms with E-state index in [2.05, 4.69) is 43.1 Å². The van der Waals surface area contributed by atoms with Gasteiger partial charge >= 0.3 is 0 Å². The van der Waals surface area contributed by atoms with Crippen LogP contribution in [0.5, 0.6) is 0 Å². The zero-order valence-corrected chi connectivity index (χ0v) is 15.3. The maximum absolute atomic E-state index is 4.46. The van der Waals surface area contributed by atoms with E-state index in [1.807, 2.05) is 36.1 Å². The van der Waals surface area contributed by atoms with E-state index in [9.17, 15) is 0 Å². The molecule has 0 bridgehead atoms. The molecular weight excluding hydrogens is 328 g/mol. The molecule has 0 unspecified atom stereocenters. The fourth-order valence-corrected chi connectivity index (χ4v) is 3.21. The van der Waals surface area contributed by atoms with Crippen molar-refractivity contribution in [3.8, 4) is 5.82 Å². The molecular formula is C18H24N8. The lowest BCUT2D eigenvalue weighted by Gasteiger charge is -2.35. The minimum atomic E-state index is 0.805. The minimum Gasteiger partial charge on any atom is -0.354 e. The van der Waals surface area contributed by atoms with E-state index in [0.29, 0.717) is 0 Å². The van der Waals surface area contributed by atoms with Gasteiger partial charge in [-0.3, -0.25) is 9.58 Å². The SMILES string of the molecule is Cc1cnn(CCN2CCN(c3cc(-n4ccc(C)n4)ncn3)CC2)c1. The predicted octanol–water partition coefficient (Wildman–Crippen LogP) is 1.30. The Bertz CT molecular complexity index is 859. The Labute approximate surface area is 153 Å². The molecule has 8 heteroatoms. The van der Waals surface area contributed by atoms with E-state index < -0.39 is 0 Å². The Morgan fingerprint density at radius 3 is 2.50 bits per heavy atom. The van der Waals surface area contributed by atoms with Crippen LogP contribution in [0.15, 0.2) is 37.1 Å². The maximum Gasteiger partial charge on any atom is 0.158 e. The van der Waals surface area contributed by atoms with Crippen LogP contribution in [0.2, 0.25) is 0 Å². The van der Waals surface area contributed by atoms with Gasteiger partial charge in [0.15, 0.2) is 5.82 Å². The molecule has 3 aromatic heterocycles. The van der Waals surface area contributed by atoms with Crippen molar-refractivity contribution in [3.05, 3.63) is 48.3 Å². The molecule has 0 amide bonds. The smallest absolute Gasteiger partial charge is 0.158 e. The fourth-order valence-electron chi connectivity index (χ4n) is 3.21. The summed E-state index contributed by atoms with van der Waals surface area (Å²) >= 11 is 0. The number of aryl methyl sites for hydroxylation is 2. The average molecular weight is 352 g/mol. The minimum absolute atomic E-state index is 0.805. The van der Waals surface area contributed by atoms with Crippen LogP contribution in [0, 0.1) is 13.8 Å². The Hall–Kier alpha value is -2.74. The normalized spacial score (nSPS) is 15.5. The summed E-state index contributed by atoms with van der Waals surface area (Å²) in [7, 11) is 0. The summed E-state index contributed by atoms with van der Waals surface area (Å²) < 4.78 is 3.81. The van der Waals surface area contributed by atoms with Crippen molar-refractivity contribution in [1.82, 2.24) is 34.4 Å². The lowest BCUT2D eigenvalue weighted by atomic mass is 10.3. The highest BCUT2D eigenvalue weighted by atomic mass is 15.3. The van der Waals surface area contributed by atoms with E-state index >= 15 is 0 Å². The Balaban J connectivity index is 1.34. The Morgan fingerprint density at radius 2 is 1.81 bits per heavy atom. The van der Waals surface area contributed by atoms with Gasteiger partial charge in [-0.1, -0.05) is 0 Å². The first-order chi connectivity index (χ1) is 12.7. The highest BCUT2D eigenvalue weighted by molar-refractivity contribution is 5.43. The molecule has 3 aromatic rings. The molecule has 0 aliphatic carbocycles. The zero-order chi connectivity index (χ0) is 17.9.